The van der Waals surface area contributed by atoms with Crippen molar-refractivity contribution in [2.45, 2.75) is 72.4 Å². The first-order chi connectivity index (χ1) is 20.6. The van der Waals surface area contributed by atoms with Gasteiger partial charge in [-0.05, 0) is 49.1 Å². The molecule has 1 saturated heterocycles. The molecule has 0 bridgehead atoms. The van der Waals surface area contributed by atoms with Gasteiger partial charge in [0.15, 0.2) is 0 Å². The van der Waals surface area contributed by atoms with Gasteiger partial charge in [0.1, 0.15) is 18.6 Å². The number of aldehydes is 1. The summed E-state index contributed by atoms with van der Waals surface area (Å²) in [5, 5.41) is 17.0. The summed E-state index contributed by atoms with van der Waals surface area (Å²) in [6.45, 7) is 16.5. The topological polar surface area (TPSA) is 137 Å². The maximum Gasteiger partial charge on any atom is 0.255 e. The molecule has 10 nitrogen and oxygen atoms in total. The number of aliphatic hydroxyl groups excluding tert-OH is 1. The van der Waals surface area contributed by atoms with Gasteiger partial charge in [-0.1, -0.05) is 53.2 Å². The minimum Gasteiger partial charge on any atom is -0.491 e. The molecule has 0 saturated carbocycles. The molecule has 10 heteroatoms. The van der Waals surface area contributed by atoms with E-state index in [1.54, 1.807) is 6.07 Å². The quantitative estimate of drug-likeness (QED) is 0.132. The van der Waals surface area contributed by atoms with E-state index in [1.165, 1.54) is 0 Å². The lowest BCUT2D eigenvalue weighted by Gasteiger charge is -2.33. The number of nitrogens with zero attached hydrogens (tertiary/aromatic N) is 2. The summed E-state index contributed by atoms with van der Waals surface area (Å²) in [5.74, 6) is 0.376. The zero-order valence-corrected chi connectivity index (χ0v) is 27.1. The summed E-state index contributed by atoms with van der Waals surface area (Å²) in [7, 11) is 0. The van der Waals surface area contributed by atoms with Crippen molar-refractivity contribution in [3.8, 4) is 5.75 Å². The van der Waals surface area contributed by atoms with Crippen LogP contribution in [0.4, 0.5) is 0 Å². The molecule has 2 amide bonds. The van der Waals surface area contributed by atoms with Crippen LogP contribution in [0.3, 0.4) is 0 Å². The summed E-state index contributed by atoms with van der Waals surface area (Å²) in [6, 6.07) is 6.75. The van der Waals surface area contributed by atoms with E-state index in [4.69, 9.17) is 10.5 Å². The molecule has 1 aliphatic rings. The van der Waals surface area contributed by atoms with Crippen molar-refractivity contribution in [3.05, 3.63) is 29.8 Å². The average Bonchev–Trinajstić information content (AvgIpc) is 2.98. The molecule has 0 aromatic heterocycles. The molecule has 4 unspecified atom stereocenters. The highest BCUT2D eigenvalue weighted by Gasteiger charge is 2.30. The van der Waals surface area contributed by atoms with Crippen molar-refractivity contribution in [2.24, 2.45) is 29.4 Å². The molecule has 1 heterocycles. The highest BCUT2D eigenvalue weighted by molar-refractivity contribution is 5.96. The van der Waals surface area contributed by atoms with Gasteiger partial charge >= 0.3 is 0 Å². The number of piperazine rings is 1. The Bertz CT molecular complexity index is 967. The van der Waals surface area contributed by atoms with Crippen LogP contribution >= 0.6 is 0 Å². The Kier molecular flexibility index (Phi) is 16.8. The number of amides is 2. The molecule has 1 aromatic rings. The Morgan fingerprint density at radius 2 is 1.70 bits per heavy atom. The Labute approximate surface area is 259 Å². The summed E-state index contributed by atoms with van der Waals surface area (Å²) >= 11 is 0. The Morgan fingerprint density at radius 3 is 2.33 bits per heavy atom. The predicted molar refractivity (Wildman–Crippen MR) is 171 cm³/mol. The van der Waals surface area contributed by atoms with Crippen molar-refractivity contribution in [3.63, 3.8) is 0 Å². The van der Waals surface area contributed by atoms with Gasteiger partial charge in [-0.25, -0.2) is 0 Å². The molecular weight excluding hydrogens is 546 g/mol. The first-order valence-electron chi connectivity index (χ1n) is 16.2. The molecule has 1 aliphatic heterocycles. The monoisotopic (exact) mass is 603 g/mol. The Hall–Kier alpha value is -2.53. The van der Waals surface area contributed by atoms with Gasteiger partial charge in [0.25, 0.3) is 5.91 Å². The van der Waals surface area contributed by atoms with Gasteiger partial charge < -0.3 is 31.0 Å². The average molecular weight is 604 g/mol. The number of ether oxygens (including phenoxy) is 1. The fourth-order valence-electron chi connectivity index (χ4n) is 5.42. The number of nitrogens with two attached hydrogens (primary N) is 1. The normalized spacial score (nSPS) is 17.3. The van der Waals surface area contributed by atoms with Gasteiger partial charge in [-0.15, -0.1) is 0 Å². The fraction of sp³-hybridized carbons (Fsp3) is 0.727. The van der Waals surface area contributed by atoms with Crippen LogP contribution in [0.1, 0.15) is 70.7 Å². The van der Waals surface area contributed by atoms with Crippen LogP contribution in [-0.4, -0.2) is 104 Å². The van der Waals surface area contributed by atoms with Crippen molar-refractivity contribution in [2.75, 3.05) is 59.0 Å². The van der Waals surface area contributed by atoms with E-state index >= 15 is 0 Å². The maximum atomic E-state index is 13.2. The van der Waals surface area contributed by atoms with Crippen LogP contribution in [-0.2, 0) is 9.59 Å². The molecule has 0 spiro atoms. The highest BCUT2D eigenvalue weighted by Crippen LogP contribution is 2.24. The molecule has 4 atom stereocenters. The smallest absolute Gasteiger partial charge is 0.255 e. The number of unbranched alkanes of at least 4 members (excludes halogenated alkanes) is 1. The van der Waals surface area contributed by atoms with Crippen LogP contribution < -0.4 is 21.1 Å². The molecular formula is C33H57N5O5. The van der Waals surface area contributed by atoms with Crippen LogP contribution in [0.5, 0.6) is 5.75 Å². The van der Waals surface area contributed by atoms with Crippen molar-refractivity contribution < 1.29 is 24.2 Å². The molecule has 244 valence electrons. The van der Waals surface area contributed by atoms with Crippen LogP contribution in [0, 0.1) is 23.7 Å². The summed E-state index contributed by atoms with van der Waals surface area (Å²) in [4.78, 5) is 41.1. The van der Waals surface area contributed by atoms with E-state index in [-0.39, 0.29) is 35.5 Å². The summed E-state index contributed by atoms with van der Waals surface area (Å²) < 4.78 is 6.03. The van der Waals surface area contributed by atoms with Gasteiger partial charge in [0, 0.05) is 57.8 Å². The number of aliphatic hydroxyl groups is 1. The lowest BCUT2D eigenvalue weighted by Crippen LogP contribution is -2.47. The predicted octanol–water partition coefficient (Wildman–Crippen LogP) is 2.54. The van der Waals surface area contributed by atoms with E-state index in [2.05, 4.69) is 41.2 Å². The fourth-order valence-corrected chi connectivity index (χ4v) is 5.42. The van der Waals surface area contributed by atoms with Crippen LogP contribution in [0.25, 0.3) is 0 Å². The standard InChI is InChI=1S/C33H57N5O5/c1-6-7-12-35-33(42)28(25(4)5)22-30(40)29(34)21-26(24(2)3)23-36-32(41)27-10-8-9-11-31(27)43-20-18-38-15-13-37(14-16-38)17-19-39/h8-11,19,24-26,28-30,40H,6-7,12-18,20-23,34H2,1-5H3,(H,35,42)(H,36,41). The van der Waals surface area contributed by atoms with Crippen molar-refractivity contribution >= 4 is 18.1 Å². The molecule has 0 radical (unpaired) electrons. The zero-order chi connectivity index (χ0) is 31.8. The summed E-state index contributed by atoms with van der Waals surface area (Å²) in [5.41, 5.74) is 6.96. The number of carbonyl (C=O) groups is 3. The number of carbonyl (C=O) groups excluding carboxylic acids is 3. The third-order valence-electron chi connectivity index (χ3n) is 8.60. The molecule has 5 N–H and O–H groups in total. The third-order valence-corrected chi connectivity index (χ3v) is 8.60. The van der Waals surface area contributed by atoms with Crippen molar-refractivity contribution in [1.82, 2.24) is 20.4 Å². The van der Waals surface area contributed by atoms with Crippen molar-refractivity contribution in [1.29, 1.82) is 0 Å². The molecule has 1 fully saturated rings. The Balaban J connectivity index is 1.88. The van der Waals surface area contributed by atoms with E-state index in [0.717, 1.165) is 51.9 Å². The molecule has 1 aromatic carbocycles. The van der Waals surface area contributed by atoms with E-state index < -0.39 is 12.1 Å². The lowest BCUT2D eigenvalue weighted by atomic mass is 9.83. The second kappa shape index (κ2) is 19.7. The zero-order valence-electron chi connectivity index (χ0n) is 27.1. The van der Waals surface area contributed by atoms with Gasteiger partial charge in [-0.2, -0.15) is 0 Å². The minimum atomic E-state index is -0.816. The number of nitrogens with one attached hydrogen (secondary N) is 2. The van der Waals surface area contributed by atoms with Crippen LogP contribution in [0.2, 0.25) is 0 Å². The third kappa shape index (κ3) is 12.9. The molecule has 43 heavy (non-hydrogen) atoms. The first kappa shape index (κ1) is 36.7. The number of benzene rings is 1. The SMILES string of the molecule is CCCCNC(=O)C(CC(O)C(N)CC(CNC(=O)c1ccccc1OCCN1CCN(CC=O)CC1)C(C)C)C(C)C. The maximum absolute atomic E-state index is 13.2. The molecule has 2 rings (SSSR count). The largest absolute Gasteiger partial charge is 0.491 e. The number of rotatable bonds is 20. The first-order valence-corrected chi connectivity index (χ1v) is 16.2. The minimum absolute atomic E-state index is 0.0274. The van der Waals surface area contributed by atoms with Crippen LogP contribution in [0.15, 0.2) is 24.3 Å². The lowest BCUT2D eigenvalue weighted by molar-refractivity contribution is -0.127. The highest BCUT2D eigenvalue weighted by atomic mass is 16.5. The van der Waals surface area contributed by atoms with E-state index in [1.807, 2.05) is 32.0 Å². The van der Waals surface area contributed by atoms with Gasteiger partial charge in [0.05, 0.1) is 18.2 Å². The van der Waals surface area contributed by atoms with E-state index in [0.29, 0.717) is 50.4 Å². The second-order valence-electron chi connectivity index (χ2n) is 12.6. The number of hydrogen-bond acceptors (Lipinski definition) is 8. The van der Waals surface area contributed by atoms with E-state index in [9.17, 15) is 19.5 Å². The second-order valence-corrected chi connectivity index (χ2v) is 12.6. The number of hydrogen-bond donors (Lipinski definition) is 4. The Morgan fingerprint density at radius 1 is 1.02 bits per heavy atom. The van der Waals surface area contributed by atoms with Gasteiger partial charge in [0.2, 0.25) is 5.91 Å². The number of para-hydroxylation sites is 1. The van der Waals surface area contributed by atoms with Gasteiger partial charge in [-0.3, -0.25) is 19.4 Å². The summed E-state index contributed by atoms with van der Waals surface area (Å²) in [6.07, 6.45) is 2.91. The molecule has 0 aliphatic carbocycles.